The molecule has 0 saturated heterocycles. The molecule has 0 aliphatic carbocycles. The van der Waals surface area contributed by atoms with Crippen LogP contribution >= 0.6 is 0 Å². The van der Waals surface area contributed by atoms with E-state index in [0.717, 1.165) is 41.1 Å². The lowest BCUT2D eigenvalue weighted by Crippen LogP contribution is -3.00. The van der Waals surface area contributed by atoms with Crippen LogP contribution in [0.15, 0.2) is 117 Å². The highest BCUT2D eigenvalue weighted by Gasteiger charge is 2.13. The molecule has 12 nitrogen and oxygen atoms in total. The topological polar surface area (TPSA) is 139 Å². The van der Waals surface area contributed by atoms with Crippen LogP contribution in [-0.4, -0.2) is 67.0 Å². The van der Waals surface area contributed by atoms with E-state index in [0.29, 0.717) is 22.5 Å². The van der Waals surface area contributed by atoms with Gasteiger partial charge in [0.15, 0.2) is 0 Å². The zero-order valence-electron chi connectivity index (χ0n) is 26.0. The predicted octanol–water partition coefficient (Wildman–Crippen LogP) is 4.33. The zero-order valence-corrected chi connectivity index (χ0v) is 27.6. The highest BCUT2D eigenvalue weighted by molar-refractivity contribution is 6.13. The first kappa shape index (κ1) is 35.3. The van der Waals surface area contributed by atoms with Gasteiger partial charge in [-0.2, -0.15) is 15.3 Å². The van der Waals surface area contributed by atoms with Gasteiger partial charge in [-0.1, -0.05) is 12.1 Å². The van der Waals surface area contributed by atoms with Gasteiger partial charge in [-0.3, -0.25) is 20.2 Å². The number of nitro groups is 2. The van der Waals surface area contributed by atoms with Crippen molar-refractivity contribution in [1.29, 1.82) is 0 Å². The van der Waals surface area contributed by atoms with Crippen LogP contribution in [0.2, 0.25) is 0 Å². The first-order chi connectivity index (χ1) is 21.5. The molecule has 0 spiro atoms. The van der Waals surface area contributed by atoms with Crippen molar-refractivity contribution in [2.45, 2.75) is 6.92 Å². The standard InChI is InChI=1S/C33H35N8O4.BrH/c1-5-38(22-23-41(2,3)4)30-20-14-29(15-21-30)36-35-28-12-6-25(7-13-28)24-34-37-33(26-8-16-31(17-9-26)39(42)43)27-10-18-32(19-11-27)40(44)45;/h6-21,24H,5,22-23H2,1-4H3;1H/q+1;/p-1/b34-24+,36-35?;. The molecule has 0 saturated carbocycles. The number of hydrogen-bond donors (Lipinski definition) is 0. The average Bonchev–Trinajstić information content (AvgIpc) is 3.03. The fraction of sp³-hybridized carbons (Fsp3) is 0.212. The second-order valence-corrected chi connectivity index (χ2v) is 11.2. The SMILES string of the molecule is CCN(CC[N+](C)(C)C)c1ccc(N=Nc2ccc(/C=N/N=C(c3ccc([N+](=O)[O-])cc3)c3ccc([N+](=O)[O-])cc3)cc2)cc1.[Br-]. The Labute approximate surface area is 278 Å². The van der Waals surface area contributed by atoms with Crippen LogP contribution in [0.3, 0.4) is 0 Å². The van der Waals surface area contributed by atoms with Crippen LogP contribution in [0.4, 0.5) is 28.4 Å². The Kier molecular flexibility index (Phi) is 12.5. The molecule has 0 aliphatic heterocycles. The number of benzene rings is 4. The molecular formula is C33H35BrN8O4. The van der Waals surface area contributed by atoms with Crippen molar-refractivity contribution in [2.24, 2.45) is 20.4 Å². The lowest BCUT2D eigenvalue weighted by molar-refractivity contribution is -0.868. The van der Waals surface area contributed by atoms with Gasteiger partial charge < -0.3 is 26.4 Å². The molecule has 0 atom stereocenters. The van der Waals surface area contributed by atoms with Gasteiger partial charge in [0.1, 0.15) is 5.71 Å². The number of quaternary nitrogens is 1. The van der Waals surface area contributed by atoms with E-state index in [4.69, 9.17) is 0 Å². The summed E-state index contributed by atoms with van der Waals surface area (Å²) in [6.45, 7) is 5.10. The van der Waals surface area contributed by atoms with E-state index < -0.39 is 9.85 Å². The Morgan fingerprint density at radius 1 is 0.739 bits per heavy atom. The number of likely N-dealkylation sites (N-methyl/N-ethyl adjacent to an activating group) is 2. The summed E-state index contributed by atoms with van der Waals surface area (Å²) in [4.78, 5) is 23.5. The third kappa shape index (κ3) is 10.2. The van der Waals surface area contributed by atoms with Crippen molar-refractivity contribution in [1.82, 2.24) is 0 Å². The van der Waals surface area contributed by atoms with Gasteiger partial charge in [-0.25, -0.2) is 0 Å². The molecule has 238 valence electrons. The van der Waals surface area contributed by atoms with E-state index in [1.807, 2.05) is 36.4 Å². The number of hydrogen-bond acceptors (Lipinski definition) is 9. The minimum Gasteiger partial charge on any atom is -1.00 e. The third-order valence-corrected chi connectivity index (χ3v) is 6.88. The van der Waals surface area contributed by atoms with E-state index in [9.17, 15) is 20.2 Å². The smallest absolute Gasteiger partial charge is 0.269 e. The average molecular weight is 688 g/mol. The maximum absolute atomic E-state index is 11.1. The Balaban J connectivity index is 0.00000576. The molecule has 4 aromatic carbocycles. The van der Waals surface area contributed by atoms with Crippen molar-refractivity contribution in [3.8, 4) is 0 Å². The highest BCUT2D eigenvalue weighted by atomic mass is 79.9. The molecule has 0 unspecified atom stereocenters. The highest BCUT2D eigenvalue weighted by Crippen LogP contribution is 2.23. The molecule has 0 N–H and O–H groups in total. The molecule has 0 heterocycles. The summed E-state index contributed by atoms with van der Waals surface area (Å²) in [6, 6.07) is 27.1. The Morgan fingerprint density at radius 2 is 1.20 bits per heavy atom. The van der Waals surface area contributed by atoms with Crippen LogP contribution in [0, 0.1) is 20.2 Å². The number of rotatable bonds is 13. The summed E-state index contributed by atoms with van der Waals surface area (Å²) in [5.41, 5.74) is 4.78. The number of azo groups is 1. The fourth-order valence-corrected chi connectivity index (χ4v) is 4.28. The molecule has 0 bridgehead atoms. The van der Waals surface area contributed by atoms with Gasteiger partial charge in [0.2, 0.25) is 0 Å². The number of halogens is 1. The summed E-state index contributed by atoms with van der Waals surface area (Å²) in [5, 5.41) is 39.5. The molecule has 0 amide bonds. The molecule has 46 heavy (non-hydrogen) atoms. The normalized spacial score (nSPS) is 11.3. The second-order valence-electron chi connectivity index (χ2n) is 11.2. The number of non-ortho nitro benzene ring substituents is 2. The lowest BCUT2D eigenvalue weighted by atomic mass is 10.0. The van der Waals surface area contributed by atoms with Crippen molar-refractivity contribution in [2.75, 3.05) is 45.7 Å². The molecule has 0 aliphatic rings. The molecule has 13 heteroatoms. The van der Waals surface area contributed by atoms with E-state index in [2.05, 4.69) is 65.5 Å². The fourth-order valence-electron chi connectivity index (χ4n) is 4.28. The van der Waals surface area contributed by atoms with Gasteiger partial charge in [-0.05, 0) is 73.2 Å². The first-order valence-electron chi connectivity index (χ1n) is 14.3. The first-order valence-corrected chi connectivity index (χ1v) is 14.3. The summed E-state index contributed by atoms with van der Waals surface area (Å²) in [6.07, 6.45) is 1.56. The number of anilines is 1. The molecular weight excluding hydrogens is 652 g/mol. The molecule has 0 fully saturated rings. The van der Waals surface area contributed by atoms with Gasteiger partial charge >= 0.3 is 0 Å². The molecule has 0 aromatic heterocycles. The second kappa shape index (κ2) is 16.3. The zero-order chi connectivity index (χ0) is 32.4. The van der Waals surface area contributed by atoms with Crippen molar-refractivity contribution < 1.29 is 31.3 Å². The summed E-state index contributed by atoms with van der Waals surface area (Å²) in [7, 11) is 6.57. The number of nitro benzene ring substituents is 2. The van der Waals surface area contributed by atoms with Crippen molar-refractivity contribution in [3.63, 3.8) is 0 Å². The Hall–Kier alpha value is -5.14. The van der Waals surface area contributed by atoms with E-state index >= 15 is 0 Å². The predicted molar refractivity (Wildman–Crippen MR) is 177 cm³/mol. The van der Waals surface area contributed by atoms with E-state index in [-0.39, 0.29) is 28.4 Å². The Bertz CT molecular complexity index is 1640. The van der Waals surface area contributed by atoms with Gasteiger partial charge in [0.25, 0.3) is 11.4 Å². The van der Waals surface area contributed by atoms with E-state index in [1.54, 1.807) is 30.5 Å². The minimum atomic E-state index is -0.487. The maximum atomic E-state index is 11.1. The molecule has 4 rings (SSSR count). The maximum Gasteiger partial charge on any atom is 0.269 e. The van der Waals surface area contributed by atoms with Crippen LogP contribution in [0.1, 0.15) is 23.6 Å². The monoisotopic (exact) mass is 686 g/mol. The summed E-state index contributed by atoms with van der Waals surface area (Å²) in [5.74, 6) is 0. The third-order valence-electron chi connectivity index (χ3n) is 6.88. The summed E-state index contributed by atoms with van der Waals surface area (Å²) < 4.78 is 0.909. The summed E-state index contributed by atoms with van der Waals surface area (Å²) >= 11 is 0. The van der Waals surface area contributed by atoms with Crippen molar-refractivity contribution >= 4 is 40.4 Å². The van der Waals surface area contributed by atoms with E-state index in [1.165, 1.54) is 24.3 Å². The molecule has 4 aromatic rings. The lowest BCUT2D eigenvalue weighted by Gasteiger charge is -2.29. The van der Waals surface area contributed by atoms with Gasteiger partial charge in [0.05, 0.1) is 61.7 Å². The Morgan fingerprint density at radius 3 is 1.61 bits per heavy atom. The minimum absolute atomic E-state index is 0. The largest absolute Gasteiger partial charge is 1.00 e. The quantitative estimate of drug-likeness (QED) is 0.0678. The van der Waals surface area contributed by atoms with Gasteiger partial charge in [-0.15, -0.1) is 5.10 Å². The van der Waals surface area contributed by atoms with Gasteiger partial charge in [0, 0.05) is 47.6 Å². The van der Waals surface area contributed by atoms with Crippen LogP contribution < -0.4 is 21.9 Å². The van der Waals surface area contributed by atoms with Crippen molar-refractivity contribution in [3.05, 3.63) is 134 Å². The van der Waals surface area contributed by atoms with Crippen LogP contribution in [0.5, 0.6) is 0 Å². The van der Waals surface area contributed by atoms with Crippen LogP contribution in [-0.2, 0) is 0 Å². The number of nitrogens with zero attached hydrogens (tertiary/aromatic N) is 8. The van der Waals surface area contributed by atoms with Crippen LogP contribution in [0.25, 0.3) is 0 Å². The molecule has 0 radical (unpaired) electrons.